The first-order chi connectivity index (χ1) is 12.0. The number of benzene rings is 2. The molecule has 0 spiro atoms. The van der Waals surface area contributed by atoms with Crippen LogP contribution in [0.2, 0.25) is 0 Å². The Morgan fingerprint density at radius 2 is 1.60 bits per heavy atom. The van der Waals surface area contributed by atoms with E-state index in [1.54, 1.807) is 12.1 Å². The van der Waals surface area contributed by atoms with E-state index in [1.165, 1.54) is 12.1 Å². The fourth-order valence-corrected chi connectivity index (χ4v) is 3.58. The molecular formula is C16H17N3O5S. The maximum atomic E-state index is 12.4. The fourth-order valence-electron chi connectivity index (χ4n) is 2.52. The molecule has 2 aromatic rings. The van der Waals surface area contributed by atoms with Crippen LogP contribution in [-0.2, 0) is 14.8 Å². The van der Waals surface area contributed by atoms with E-state index in [1.807, 2.05) is 12.1 Å². The van der Waals surface area contributed by atoms with Crippen molar-refractivity contribution in [3.8, 4) is 0 Å². The van der Waals surface area contributed by atoms with Gasteiger partial charge in [-0.1, -0.05) is 0 Å². The third-order valence-electron chi connectivity index (χ3n) is 3.85. The van der Waals surface area contributed by atoms with E-state index >= 15 is 0 Å². The summed E-state index contributed by atoms with van der Waals surface area (Å²) >= 11 is 0. The highest BCUT2D eigenvalue weighted by Gasteiger charge is 2.16. The summed E-state index contributed by atoms with van der Waals surface area (Å²) in [7, 11) is -3.80. The van der Waals surface area contributed by atoms with Crippen molar-refractivity contribution in [3.63, 3.8) is 0 Å². The number of ether oxygens (including phenoxy) is 1. The van der Waals surface area contributed by atoms with Crippen LogP contribution in [0.1, 0.15) is 0 Å². The van der Waals surface area contributed by atoms with Crippen molar-refractivity contribution in [2.24, 2.45) is 0 Å². The summed E-state index contributed by atoms with van der Waals surface area (Å²) in [6, 6.07) is 11.8. The Balaban J connectivity index is 1.73. The lowest BCUT2D eigenvalue weighted by molar-refractivity contribution is -0.384. The standard InChI is InChI=1S/C16H17N3O5S/c20-19(21)15-5-7-16(8-6-15)25(22,23)17-13-1-3-14(4-2-13)18-9-11-24-12-10-18/h1-8,17H,9-12H2. The molecule has 1 aliphatic rings. The fraction of sp³-hybridized carbons (Fsp3) is 0.250. The zero-order valence-corrected chi connectivity index (χ0v) is 14.1. The molecule has 2 aromatic carbocycles. The van der Waals surface area contributed by atoms with Crippen molar-refractivity contribution in [2.75, 3.05) is 35.9 Å². The summed E-state index contributed by atoms with van der Waals surface area (Å²) in [5.74, 6) is 0. The molecular weight excluding hydrogens is 346 g/mol. The number of hydrogen-bond donors (Lipinski definition) is 1. The largest absolute Gasteiger partial charge is 0.378 e. The van der Waals surface area contributed by atoms with Crippen molar-refractivity contribution in [1.29, 1.82) is 0 Å². The monoisotopic (exact) mass is 363 g/mol. The molecule has 0 atom stereocenters. The number of anilines is 2. The number of nitrogens with one attached hydrogen (secondary N) is 1. The number of non-ortho nitro benzene ring substituents is 1. The summed E-state index contributed by atoms with van der Waals surface area (Å²) in [5, 5.41) is 10.6. The van der Waals surface area contributed by atoms with Gasteiger partial charge in [-0.05, 0) is 36.4 Å². The molecule has 0 amide bonds. The molecule has 9 heteroatoms. The summed E-state index contributed by atoms with van der Waals surface area (Å²) in [6.07, 6.45) is 0. The molecule has 0 aromatic heterocycles. The zero-order valence-electron chi connectivity index (χ0n) is 13.3. The van der Waals surface area contributed by atoms with E-state index in [2.05, 4.69) is 9.62 Å². The van der Waals surface area contributed by atoms with E-state index < -0.39 is 14.9 Å². The van der Waals surface area contributed by atoms with Gasteiger partial charge in [0.25, 0.3) is 15.7 Å². The molecule has 0 saturated carbocycles. The third kappa shape index (κ3) is 4.06. The van der Waals surface area contributed by atoms with Gasteiger partial charge in [-0.25, -0.2) is 8.42 Å². The molecule has 0 unspecified atom stereocenters. The van der Waals surface area contributed by atoms with Crippen LogP contribution in [0.4, 0.5) is 17.1 Å². The van der Waals surface area contributed by atoms with Crippen LogP contribution in [0.25, 0.3) is 0 Å². The maximum absolute atomic E-state index is 12.4. The van der Waals surface area contributed by atoms with E-state index in [0.717, 1.165) is 30.9 Å². The second-order valence-electron chi connectivity index (χ2n) is 5.50. The van der Waals surface area contributed by atoms with Crippen molar-refractivity contribution in [2.45, 2.75) is 4.90 Å². The van der Waals surface area contributed by atoms with Gasteiger partial charge >= 0.3 is 0 Å². The summed E-state index contributed by atoms with van der Waals surface area (Å²) in [6.45, 7) is 2.95. The summed E-state index contributed by atoms with van der Waals surface area (Å²) < 4.78 is 32.5. The lowest BCUT2D eigenvalue weighted by Crippen LogP contribution is -2.36. The Hall–Kier alpha value is -2.65. The second-order valence-corrected chi connectivity index (χ2v) is 7.19. The SMILES string of the molecule is O=[N+]([O-])c1ccc(S(=O)(=O)Nc2ccc(N3CCOCC3)cc2)cc1. The minimum Gasteiger partial charge on any atom is -0.378 e. The van der Waals surface area contributed by atoms with Crippen LogP contribution in [0.15, 0.2) is 53.4 Å². The number of rotatable bonds is 5. The van der Waals surface area contributed by atoms with Gasteiger partial charge in [-0.3, -0.25) is 14.8 Å². The first kappa shape index (κ1) is 17.2. The summed E-state index contributed by atoms with van der Waals surface area (Å²) in [4.78, 5) is 12.2. The minimum atomic E-state index is -3.80. The molecule has 1 N–H and O–H groups in total. The number of sulfonamides is 1. The van der Waals surface area contributed by atoms with E-state index in [-0.39, 0.29) is 10.6 Å². The first-order valence-corrected chi connectivity index (χ1v) is 9.14. The van der Waals surface area contributed by atoms with Gasteiger partial charge in [-0.2, -0.15) is 0 Å². The lowest BCUT2D eigenvalue weighted by Gasteiger charge is -2.28. The molecule has 132 valence electrons. The molecule has 0 radical (unpaired) electrons. The van der Waals surface area contributed by atoms with Crippen molar-refractivity contribution in [3.05, 3.63) is 58.6 Å². The Morgan fingerprint density at radius 1 is 1.00 bits per heavy atom. The Morgan fingerprint density at radius 3 is 2.16 bits per heavy atom. The van der Waals surface area contributed by atoms with Crippen LogP contribution in [0.3, 0.4) is 0 Å². The van der Waals surface area contributed by atoms with Gasteiger partial charge in [0.1, 0.15) is 0 Å². The molecule has 1 heterocycles. The Labute approximate surface area is 145 Å². The molecule has 0 bridgehead atoms. The molecule has 1 aliphatic heterocycles. The Bertz CT molecular complexity index is 844. The average molecular weight is 363 g/mol. The van der Waals surface area contributed by atoms with Crippen LogP contribution < -0.4 is 9.62 Å². The number of nitrogens with zero attached hydrogens (tertiary/aromatic N) is 2. The van der Waals surface area contributed by atoms with Gasteiger partial charge in [0.15, 0.2) is 0 Å². The number of hydrogen-bond acceptors (Lipinski definition) is 6. The molecule has 1 saturated heterocycles. The van der Waals surface area contributed by atoms with Crippen LogP contribution >= 0.6 is 0 Å². The molecule has 1 fully saturated rings. The smallest absolute Gasteiger partial charge is 0.269 e. The second kappa shape index (κ2) is 7.08. The van der Waals surface area contributed by atoms with Crippen molar-refractivity contribution >= 4 is 27.1 Å². The van der Waals surface area contributed by atoms with Crippen molar-refractivity contribution in [1.82, 2.24) is 0 Å². The van der Waals surface area contributed by atoms with Gasteiger partial charge in [0.2, 0.25) is 0 Å². The number of nitro benzene ring substituents is 1. The lowest BCUT2D eigenvalue weighted by atomic mass is 10.2. The van der Waals surface area contributed by atoms with Crippen molar-refractivity contribution < 1.29 is 18.1 Å². The average Bonchev–Trinajstić information content (AvgIpc) is 2.63. The van der Waals surface area contributed by atoms with E-state index in [4.69, 9.17) is 4.74 Å². The highest BCUT2D eigenvalue weighted by Crippen LogP contribution is 2.22. The molecule has 25 heavy (non-hydrogen) atoms. The van der Waals surface area contributed by atoms with Crippen LogP contribution in [0.5, 0.6) is 0 Å². The van der Waals surface area contributed by atoms with E-state index in [0.29, 0.717) is 18.9 Å². The third-order valence-corrected chi connectivity index (χ3v) is 5.25. The van der Waals surface area contributed by atoms with Gasteiger partial charge < -0.3 is 9.64 Å². The topological polar surface area (TPSA) is 102 Å². The van der Waals surface area contributed by atoms with E-state index in [9.17, 15) is 18.5 Å². The molecule has 8 nitrogen and oxygen atoms in total. The van der Waals surface area contributed by atoms with Crippen LogP contribution in [0, 0.1) is 10.1 Å². The van der Waals surface area contributed by atoms with Crippen LogP contribution in [-0.4, -0.2) is 39.6 Å². The zero-order chi connectivity index (χ0) is 17.9. The Kier molecular flexibility index (Phi) is 4.86. The van der Waals surface area contributed by atoms with Gasteiger partial charge in [0.05, 0.1) is 23.0 Å². The highest BCUT2D eigenvalue weighted by molar-refractivity contribution is 7.92. The molecule has 3 rings (SSSR count). The first-order valence-electron chi connectivity index (χ1n) is 7.66. The maximum Gasteiger partial charge on any atom is 0.269 e. The predicted octanol–water partition coefficient (Wildman–Crippen LogP) is 2.23. The highest BCUT2D eigenvalue weighted by atomic mass is 32.2. The number of nitro groups is 1. The van der Waals surface area contributed by atoms with Gasteiger partial charge in [0, 0.05) is 36.6 Å². The minimum absolute atomic E-state index is 0.0321. The van der Waals surface area contributed by atoms with Gasteiger partial charge in [-0.15, -0.1) is 0 Å². The normalized spacial score (nSPS) is 15.0. The quantitative estimate of drug-likeness (QED) is 0.646. The summed E-state index contributed by atoms with van der Waals surface area (Å²) in [5.41, 5.74) is 1.27. The molecule has 0 aliphatic carbocycles. The predicted molar refractivity (Wildman–Crippen MR) is 93.4 cm³/mol. The number of morpholine rings is 1.